The maximum atomic E-state index is 11.8. The quantitative estimate of drug-likeness (QED) is 0.553. The van der Waals surface area contributed by atoms with E-state index in [0.29, 0.717) is 0 Å². The largest absolute Gasteiger partial charge is 0.366 e. The third-order valence-electron chi connectivity index (χ3n) is 3.01. The fourth-order valence-corrected chi connectivity index (χ4v) is 2.99. The van der Waals surface area contributed by atoms with E-state index in [1.165, 1.54) is 18.2 Å². The molecule has 22 heavy (non-hydrogen) atoms. The van der Waals surface area contributed by atoms with E-state index in [0.717, 1.165) is 0 Å². The zero-order valence-corrected chi connectivity index (χ0v) is 13.4. The molecular formula is C13H21N3O5S. The summed E-state index contributed by atoms with van der Waals surface area (Å²) < 4.78 is 34.5. The maximum Gasteiger partial charge on any atom is 0.250 e. The van der Waals surface area contributed by atoms with E-state index in [2.05, 4.69) is 0 Å². The van der Waals surface area contributed by atoms with Crippen molar-refractivity contribution in [3.05, 3.63) is 29.3 Å². The van der Waals surface area contributed by atoms with Gasteiger partial charge in [-0.15, -0.1) is 0 Å². The molecule has 0 radical (unpaired) electrons. The van der Waals surface area contributed by atoms with Gasteiger partial charge in [-0.2, -0.15) is 0 Å². The highest BCUT2D eigenvalue weighted by Gasteiger charge is 2.38. The van der Waals surface area contributed by atoms with Crippen molar-refractivity contribution in [1.82, 2.24) is 0 Å². The first-order chi connectivity index (χ1) is 10.2. The first kappa shape index (κ1) is 18.5. The lowest BCUT2D eigenvalue weighted by molar-refractivity contribution is -0.235. The molecule has 0 bridgehead atoms. The summed E-state index contributed by atoms with van der Waals surface area (Å²) in [6.45, 7) is 3.76. The summed E-state index contributed by atoms with van der Waals surface area (Å²) in [6, 6.07) is 4.09. The standard InChI is InChI=1S/C13H21N3O5S/c1-3-20-13(8-14,21-4-2)9-6-5-7-10(22(16,18)19)11(9)12(15)17/h5-7H,3-4,8,14H2,1-2H3,(H2,15,17)(H2,16,18,19). The molecule has 0 saturated carbocycles. The second-order valence-electron chi connectivity index (χ2n) is 4.41. The summed E-state index contributed by atoms with van der Waals surface area (Å²) in [5, 5.41) is 5.15. The van der Waals surface area contributed by atoms with Crippen molar-refractivity contribution in [3.63, 3.8) is 0 Å². The number of hydrogen-bond donors (Lipinski definition) is 3. The number of hydrogen-bond acceptors (Lipinski definition) is 6. The number of benzene rings is 1. The molecule has 8 nitrogen and oxygen atoms in total. The molecule has 0 heterocycles. The van der Waals surface area contributed by atoms with Gasteiger partial charge in [0.25, 0.3) is 5.91 Å². The van der Waals surface area contributed by atoms with Gasteiger partial charge in [0.2, 0.25) is 15.8 Å². The minimum atomic E-state index is -4.15. The van der Waals surface area contributed by atoms with Crippen molar-refractivity contribution in [2.24, 2.45) is 16.6 Å². The average Bonchev–Trinajstić information content (AvgIpc) is 2.45. The van der Waals surface area contributed by atoms with Crippen LogP contribution in [0.25, 0.3) is 0 Å². The van der Waals surface area contributed by atoms with Gasteiger partial charge in [-0.05, 0) is 19.9 Å². The SMILES string of the molecule is CCOC(CN)(OCC)c1cccc(S(N)(=O)=O)c1C(N)=O. The van der Waals surface area contributed by atoms with E-state index in [9.17, 15) is 13.2 Å². The molecule has 0 unspecified atom stereocenters. The Kier molecular flexibility index (Phi) is 6.03. The summed E-state index contributed by atoms with van der Waals surface area (Å²) in [7, 11) is -4.15. The minimum absolute atomic E-state index is 0.136. The van der Waals surface area contributed by atoms with Crippen LogP contribution in [0.2, 0.25) is 0 Å². The Morgan fingerprint density at radius 3 is 2.14 bits per heavy atom. The molecule has 0 aliphatic heterocycles. The number of carbonyl (C=O) groups excluding carboxylic acids is 1. The van der Waals surface area contributed by atoms with Crippen LogP contribution in [0.15, 0.2) is 23.1 Å². The van der Waals surface area contributed by atoms with Crippen LogP contribution in [0.5, 0.6) is 0 Å². The molecule has 0 saturated heterocycles. The van der Waals surface area contributed by atoms with Crippen molar-refractivity contribution >= 4 is 15.9 Å². The molecule has 0 atom stereocenters. The number of rotatable bonds is 8. The van der Waals surface area contributed by atoms with Gasteiger partial charge in [0.05, 0.1) is 17.0 Å². The monoisotopic (exact) mass is 331 g/mol. The number of nitrogens with two attached hydrogens (primary N) is 3. The first-order valence-electron chi connectivity index (χ1n) is 6.67. The average molecular weight is 331 g/mol. The van der Waals surface area contributed by atoms with Crippen molar-refractivity contribution in [2.75, 3.05) is 19.8 Å². The van der Waals surface area contributed by atoms with E-state index in [4.69, 9.17) is 26.1 Å². The van der Waals surface area contributed by atoms with Gasteiger partial charge >= 0.3 is 0 Å². The summed E-state index contributed by atoms with van der Waals surface area (Å²) in [5.74, 6) is -2.44. The maximum absolute atomic E-state index is 11.8. The third kappa shape index (κ3) is 3.62. The smallest absolute Gasteiger partial charge is 0.250 e. The van der Waals surface area contributed by atoms with E-state index in [1.54, 1.807) is 13.8 Å². The van der Waals surface area contributed by atoms with Crippen LogP contribution < -0.4 is 16.6 Å². The zero-order valence-electron chi connectivity index (χ0n) is 12.5. The Morgan fingerprint density at radius 2 is 1.77 bits per heavy atom. The van der Waals surface area contributed by atoms with Gasteiger partial charge in [-0.3, -0.25) is 4.79 Å². The molecule has 1 aromatic rings. The molecule has 1 amide bonds. The predicted molar refractivity (Wildman–Crippen MR) is 80.3 cm³/mol. The van der Waals surface area contributed by atoms with Gasteiger partial charge in [0.15, 0.2) is 0 Å². The van der Waals surface area contributed by atoms with Crippen molar-refractivity contribution in [1.29, 1.82) is 0 Å². The second kappa shape index (κ2) is 7.16. The minimum Gasteiger partial charge on any atom is -0.366 e. The molecule has 6 N–H and O–H groups in total. The summed E-state index contributed by atoms with van der Waals surface area (Å²) in [4.78, 5) is 11.4. The summed E-state index contributed by atoms with van der Waals surface area (Å²) in [5.41, 5.74) is 11.0. The Hall–Kier alpha value is -1.52. The highest BCUT2D eigenvalue weighted by Crippen LogP contribution is 2.32. The van der Waals surface area contributed by atoms with Gasteiger partial charge in [-0.1, -0.05) is 12.1 Å². The van der Waals surface area contributed by atoms with Crippen LogP contribution in [0.3, 0.4) is 0 Å². The Balaban J connectivity index is 3.74. The molecule has 9 heteroatoms. The molecule has 0 fully saturated rings. The van der Waals surface area contributed by atoms with E-state index in [1.807, 2.05) is 0 Å². The van der Waals surface area contributed by atoms with Crippen molar-refractivity contribution in [3.8, 4) is 0 Å². The molecule has 0 aliphatic rings. The molecular weight excluding hydrogens is 310 g/mol. The number of carbonyl (C=O) groups is 1. The van der Waals surface area contributed by atoms with Gasteiger partial charge < -0.3 is 20.9 Å². The molecule has 1 rings (SSSR count). The zero-order chi connectivity index (χ0) is 17.0. The third-order valence-corrected chi connectivity index (χ3v) is 3.97. The van der Waals surface area contributed by atoms with Crippen LogP contribution in [0, 0.1) is 0 Å². The Morgan fingerprint density at radius 1 is 1.23 bits per heavy atom. The summed E-state index contributed by atoms with van der Waals surface area (Å²) >= 11 is 0. The number of amides is 1. The van der Waals surface area contributed by atoms with Crippen LogP contribution in [-0.4, -0.2) is 34.1 Å². The predicted octanol–water partition coefficient (Wildman–Crippen LogP) is -0.383. The second-order valence-corrected chi connectivity index (χ2v) is 5.94. The molecule has 0 aliphatic carbocycles. The van der Waals surface area contributed by atoms with Gasteiger partial charge in [-0.25, -0.2) is 13.6 Å². The van der Waals surface area contributed by atoms with E-state index >= 15 is 0 Å². The Bertz CT molecular complexity index is 639. The fraction of sp³-hybridized carbons (Fsp3) is 0.462. The fourth-order valence-electron chi connectivity index (χ4n) is 2.23. The Labute approximate surface area is 129 Å². The first-order valence-corrected chi connectivity index (χ1v) is 8.22. The molecule has 0 spiro atoms. The number of sulfonamides is 1. The number of ether oxygens (including phenoxy) is 2. The summed E-state index contributed by atoms with van der Waals surface area (Å²) in [6.07, 6.45) is 0. The lowest BCUT2D eigenvalue weighted by atomic mass is 9.98. The van der Waals surface area contributed by atoms with Crippen LogP contribution in [-0.2, 0) is 25.3 Å². The van der Waals surface area contributed by atoms with Crippen LogP contribution in [0.4, 0.5) is 0 Å². The van der Waals surface area contributed by atoms with E-state index in [-0.39, 0.29) is 30.9 Å². The van der Waals surface area contributed by atoms with Gasteiger partial charge in [0.1, 0.15) is 0 Å². The van der Waals surface area contributed by atoms with Crippen molar-refractivity contribution < 1.29 is 22.7 Å². The molecule has 1 aromatic carbocycles. The highest BCUT2D eigenvalue weighted by atomic mass is 32.2. The normalized spacial score (nSPS) is 12.4. The van der Waals surface area contributed by atoms with Gasteiger partial charge in [0, 0.05) is 18.8 Å². The topological polar surface area (TPSA) is 148 Å². The van der Waals surface area contributed by atoms with Crippen LogP contribution in [0.1, 0.15) is 29.8 Å². The number of primary sulfonamides is 1. The lowest BCUT2D eigenvalue weighted by Gasteiger charge is -2.33. The van der Waals surface area contributed by atoms with Crippen LogP contribution >= 0.6 is 0 Å². The molecule has 124 valence electrons. The highest BCUT2D eigenvalue weighted by molar-refractivity contribution is 7.89. The lowest BCUT2D eigenvalue weighted by Crippen LogP contribution is -2.43. The molecule has 0 aromatic heterocycles. The number of primary amides is 1. The van der Waals surface area contributed by atoms with E-state index < -0.39 is 26.6 Å². The van der Waals surface area contributed by atoms with Crippen molar-refractivity contribution in [2.45, 2.75) is 24.5 Å².